The minimum Gasteiger partial charge on any atom is -0.344 e. The van der Waals surface area contributed by atoms with Crippen molar-refractivity contribution >= 4 is 29.3 Å². The highest BCUT2D eigenvalue weighted by atomic mass is 32.2. The molecule has 0 aromatic heterocycles. The SMILES string of the molecule is CC(C)Sc1ccccc1NC(=O)[C@@H]1CCC(=O)N1. The number of carbonyl (C=O) groups is 2. The van der Waals surface area contributed by atoms with Crippen LogP contribution >= 0.6 is 11.8 Å². The molecule has 1 atom stereocenters. The number of anilines is 1. The fraction of sp³-hybridized carbons (Fsp3) is 0.429. The second kappa shape index (κ2) is 6.10. The maximum atomic E-state index is 12.1. The number of thioether (sulfide) groups is 1. The summed E-state index contributed by atoms with van der Waals surface area (Å²) >= 11 is 1.71. The van der Waals surface area contributed by atoms with E-state index in [2.05, 4.69) is 24.5 Å². The van der Waals surface area contributed by atoms with Crippen LogP contribution in [0.4, 0.5) is 5.69 Å². The summed E-state index contributed by atoms with van der Waals surface area (Å²) in [5.74, 6) is -0.187. The number of nitrogens with one attached hydrogen (secondary N) is 2. The van der Waals surface area contributed by atoms with Gasteiger partial charge in [0.05, 0.1) is 5.69 Å². The first-order valence-electron chi connectivity index (χ1n) is 6.42. The van der Waals surface area contributed by atoms with Crippen LogP contribution in [0, 0.1) is 0 Å². The molecule has 1 saturated heterocycles. The lowest BCUT2D eigenvalue weighted by Crippen LogP contribution is -2.37. The summed E-state index contributed by atoms with van der Waals surface area (Å²) in [5.41, 5.74) is 0.812. The average Bonchev–Trinajstić information content (AvgIpc) is 2.78. The Kier molecular flexibility index (Phi) is 4.47. The number of para-hydroxylation sites is 1. The third-order valence-electron chi connectivity index (χ3n) is 2.82. The first-order chi connectivity index (χ1) is 9.06. The summed E-state index contributed by atoms with van der Waals surface area (Å²) in [7, 11) is 0. The van der Waals surface area contributed by atoms with E-state index < -0.39 is 6.04 Å². The fourth-order valence-electron chi connectivity index (χ4n) is 1.96. The predicted octanol–water partition coefficient (Wildman–Crippen LogP) is 2.40. The van der Waals surface area contributed by atoms with E-state index in [4.69, 9.17) is 0 Å². The van der Waals surface area contributed by atoms with Crippen LogP contribution in [0.25, 0.3) is 0 Å². The quantitative estimate of drug-likeness (QED) is 0.832. The van der Waals surface area contributed by atoms with Gasteiger partial charge in [-0.05, 0) is 18.6 Å². The van der Waals surface area contributed by atoms with Crippen molar-refractivity contribution in [3.8, 4) is 0 Å². The Bertz CT molecular complexity index is 488. The summed E-state index contributed by atoms with van der Waals surface area (Å²) < 4.78 is 0. The molecule has 0 saturated carbocycles. The van der Waals surface area contributed by atoms with Gasteiger partial charge in [-0.15, -0.1) is 11.8 Å². The Morgan fingerprint density at radius 3 is 2.79 bits per heavy atom. The van der Waals surface area contributed by atoms with E-state index in [0.29, 0.717) is 18.1 Å². The van der Waals surface area contributed by atoms with Crippen LogP contribution in [-0.2, 0) is 9.59 Å². The minimum absolute atomic E-state index is 0.0509. The molecule has 1 heterocycles. The van der Waals surface area contributed by atoms with Gasteiger partial charge in [0.25, 0.3) is 0 Å². The van der Waals surface area contributed by atoms with Crippen LogP contribution in [0.3, 0.4) is 0 Å². The first-order valence-corrected chi connectivity index (χ1v) is 7.30. The Morgan fingerprint density at radius 2 is 2.16 bits per heavy atom. The zero-order chi connectivity index (χ0) is 13.8. The molecule has 0 bridgehead atoms. The molecule has 0 radical (unpaired) electrons. The molecule has 0 aliphatic carbocycles. The van der Waals surface area contributed by atoms with Crippen molar-refractivity contribution in [3.63, 3.8) is 0 Å². The largest absolute Gasteiger partial charge is 0.344 e. The molecule has 5 heteroatoms. The molecule has 2 amide bonds. The Hall–Kier alpha value is -1.49. The second-order valence-corrected chi connectivity index (χ2v) is 6.43. The van der Waals surface area contributed by atoms with Gasteiger partial charge in [-0.1, -0.05) is 26.0 Å². The molecular formula is C14H18N2O2S. The number of hydrogen-bond acceptors (Lipinski definition) is 3. The first kappa shape index (κ1) is 13.9. The minimum atomic E-state index is -0.399. The van der Waals surface area contributed by atoms with Crippen molar-refractivity contribution < 1.29 is 9.59 Å². The van der Waals surface area contributed by atoms with E-state index in [9.17, 15) is 9.59 Å². The van der Waals surface area contributed by atoms with E-state index >= 15 is 0 Å². The van der Waals surface area contributed by atoms with Crippen LogP contribution in [0.1, 0.15) is 26.7 Å². The number of amides is 2. The number of hydrogen-bond donors (Lipinski definition) is 2. The van der Waals surface area contributed by atoms with Gasteiger partial charge in [0.15, 0.2) is 0 Å². The second-order valence-electron chi connectivity index (χ2n) is 4.81. The van der Waals surface area contributed by atoms with Crippen LogP contribution in [-0.4, -0.2) is 23.1 Å². The zero-order valence-electron chi connectivity index (χ0n) is 11.1. The molecule has 4 nitrogen and oxygen atoms in total. The van der Waals surface area contributed by atoms with E-state index in [1.807, 2.05) is 24.3 Å². The smallest absolute Gasteiger partial charge is 0.246 e. The summed E-state index contributed by atoms with van der Waals surface area (Å²) in [4.78, 5) is 24.2. The van der Waals surface area contributed by atoms with Gasteiger partial charge >= 0.3 is 0 Å². The lowest BCUT2D eigenvalue weighted by atomic mass is 10.2. The van der Waals surface area contributed by atoms with Crippen LogP contribution in [0.15, 0.2) is 29.2 Å². The van der Waals surface area contributed by atoms with Crippen LogP contribution < -0.4 is 10.6 Å². The molecule has 0 unspecified atom stereocenters. The van der Waals surface area contributed by atoms with Crippen LogP contribution in [0.5, 0.6) is 0 Å². The molecule has 1 aliphatic heterocycles. The van der Waals surface area contributed by atoms with Crippen LogP contribution in [0.2, 0.25) is 0 Å². The van der Waals surface area contributed by atoms with Gasteiger partial charge in [0, 0.05) is 16.6 Å². The van der Waals surface area contributed by atoms with E-state index in [-0.39, 0.29) is 11.8 Å². The van der Waals surface area contributed by atoms with Gasteiger partial charge in [0.2, 0.25) is 11.8 Å². The molecule has 2 rings (SSSR count). The van der Waals surface area contributed by atoms with Crippen molar-refractivity contribution in [3.05, 3.63) is 24.3 Å². The molecule has 1 aromatic carbocycles. The highest BCUT2D eigenvalue weighted by Gasteiger charge is 2.27. The molecule has 0 spiro atoms. The van der Waals surface area contributed by atoms with Crippen molar-refractivity contribution in [2.45, 2.75) is 42.9 Å². The van der Waals surface area contributed by atoms with Crippen molar-refractivity contribution in [2.24, 2.45) is 0 Å². The maximum absolute atomic E-state index is 12.1. The zero-order valence-corrected chi connectivity index (χ0v) is 11.9. The maximum Gasteiger partial charge on any atom is 0.246 e. The number of benzene rings is 1. The molecular weight excluding hydrogens is 260 g/mol. The number of carbonyl (C=O) groups excluding carboxylic acids is 2. The molecule has 2 N–H and O–H groups in total. The molecule has 1 aliphatic rings. The Morgan fingerprint density at radius 1 is 1.42 bits per heavy atom. The summed E-state index contributed by atoms with van der Waals surface area (Å²) in [6, 6.07) is 7.34. The van der Waals surface area contributed by atoms with Gasteiger partial charge in [-0.25, -0.2) is 0 Å². The molecule has 1 fully saturated rings. The van der Waals surface area contributed by atoms with E-state index in [0.717, 1.165) is 10.6 Å². The lowest BCUT2D eigenvalue weighted by molar-refractivity contribution is -0.122. The average molecular weight is 278 g/mol. The van der Waals surface area contributed by atoms with Gasteiger partial charge in [-0.2, -0.15) is 0 Å². The summed E-state index contributed by atoms with van der Waals surface area (Å²) in [6.07, 6.45) is 1.00. The van der Waals surface area contributed by atoms with E-state index in [1.165, 1.54) is 0 Å². The Balaban J connectivity index is 2.06. The monoisotopic (exact) mass is 278 g/mol. The standard InChI is InChI=1S/C14H18N2O2S/c1-9(2)19-12-6-4-3-5-10(12)16-14(18)11-7-8-13(17)15-11/h3-6,9,11H,7-8H2,1-2H3,(H,15,17)(H,16,18)/t11-/m0/s1. The Labute approximate surface area is 117 Å². The predicted molar refractivity (Wildman–Crippen MR) is 77.2 cm³/mol. The highest BCUT2D eigenvalue weighted by molar-refractivity contribution is 8.00. The third kappa shape index (κ3) is 3.73. The van der Waals surface area contributed by atoms with E-state index in [1.54, 1.807) is 11.8 Å². The lowest BCUT2D eigenvalue weighted by Gasteiger charge is -2.15. The van der Waals surface area contributed by atoms with Gasteiger partial charge < -0.3 is 10.6 Å². The summed E-state index contributed by atoms with van der Waals surface area (Å²) in [6.45, 7) is 4.22. The van der Waals surface area contributed by atoms with Crippen molar-refractivity contribution in [1.82, 2.24) is 5.32 Å². The van der Waals surface area contributed by atoms with Gasteiger partial charge in [0.1, 0.15) is 6.04 Å². The van der Waals surface area contributed by atoms with Crippen molar-refractivity contribution in [2.75, 3.05) is 5.32 Å². The van der Waals surface area contributed by atoms with Crippen molar-refractivity contribution in [1.29, 1.82) is 0 Å². The molecule has 102 valence electrons. The topological polar surface area (TPSA) is 58.2 Å². The fourth-order valence-corrected chi connectivity index (χ4v) is 2.87. The summed E-state index contributed by atoms with van der Waals surface area (Å²) in [5, 5.41) is 6.03. The normalized spacial score (nSPS) is 18.5. The number of rotatable bonds is 4. The van der Waals surface area contributed by atoms with Gasteiger partial charge in [-0.3, -0.25) is 9.59 Å². The third-order valence-corrected chi connectivity index (χ3v) is 3.90. The highest BCUT2D eigenvalue weighted by Crippen LogP contribution is 2.30. The molecule has 1 aromatic rings. The molecule has 19 heavy (non-hydrogen) atoms.